The van der Waals surface area contributed by atoms with Crippen LogP contribution in [0.5, 0.6) is 0 Å². The number of amides is 2. The first-order chi connectivity index (χ1) is 12.0. The van der Waals surface area contributed by atoms with Gasteiger partial charge in [0, 0.05) is 30.4 Å². The number of pyridine rings is 1. The molecular formula is C18H26BrN3O3. The van der Waals surface area contributed by atoms with Gasteiger partial charge in [0.15, 0.2) is 0 Å². The molecule has 0 bridgehead atoms. The van der Waals surface area contributed by atoms with Gasteiger partial charge in [-0.15, -0.1) is 0 Å². The lowest BCUT2D eigenvalue weighted by Crippen LogP contribution is -2.44. The first kappa shape index (κ1) is 19.8. The summed E-state index contributed by atoms with van der Waals surface area (Å²) in [5.74, 6) is 0.773. The van der Waals surface area contributed by atoms with Crippen molar-refractivity contribution >= 4 is 33.6 Å². The lowest BCUT2D eigenvalue weighted by atomic mass is 9.97. The lowest BCUT2D eigenvalue weighted by Gasteiger charge is -2.32. The smallest absolute Gasteiger partial charge is 0.230 e. The number of carbonyl (C=O) groups is 2. The molecular weight excluding hydrogens is 386 g/mol. The van der Waals surface area contributed by atoms with Crippen molar-refractivity contribution in [2.75, 3.05) is 31.6 Å². The van der Waals surface area contributed by atoms with Crippen LogP contribution in [0.15, 0.2) is 22.8 Å². The topological polar surface area (TPSA) is 71.5 Å². The number of carbonyl (C=O) groups excluding carboxylic acids is 2. The van der Waals surface area contributed by atoms with Crippen molar-refractivity contribution in [1.82, 2.24) is 9.88 Å². The number of likely N-dealkylation sites (tertiary alicyclic amines) is 1. The Labute approximate surface area is 157 Å². The third-order valence-corrected chi connectivity index (χ3v) is 4.50. The number of ether oxygens (including phenoxy) is 1. The summed E-state index contributed by atoms with van der Waals surface area (Å²) in [4.78, 5) is 30.7. The standard InChI is InChI=1S/C18H26BrN3O3/c1-13(2)12-25-9-7-17(23)22-8-3-4-14(11-22)18(24)21-16-6-5-15(19)10-20-16/h5-6,10,13-14H,3-4,7-9,11-12H2,1-2H3,(H,20,21,24). The van der Waals surface area contributed by atoms with E-state index in [2.05, 4.69) is 40.1 Å². The molecule has 1 aliphatic rings. The number of rotatable bonds is 7. The molecule has 1 N–H and O–H groups in total. The minimum absolute atomic E-state index is 0.0584. The maximum atomic E-state index is 12.4. The van der Waals surface area contributed by atoms with E-state index in [1.807, 2.05) is 6.07 Å². The molecule has 0 radical (unpaired) electrons. The van der Waals surface area contributed by atoms with Crippen LogP contribution in [0.2, 0.25) is 0 Å². The Morgan fingerprint density at radius 3 is 2.92 bits per heavy atom. The van der Waals surface area contributed by atoms with Crippen molar-refractivity contribution in [1.29, 1.82) is 0 Å². The molecule has 0 aromatic carbocycles. The first-order valence-electron chi connectivity index (χ1n) is 8.73. The van der Waals surface area contributed by atoms with E-state index in [1.165, 1.54) is 0 Å². The van der Waals surface area contributed by atoms with E-state index in [4.69, 9.17) is 4.74 Å². The number of hydrogen-bond acceptors (Lipinski definition) is 4. The van der Waals surface area contributed by atoms with Crippen molar-refractivity contribution in [3.63, 3.8) is 0 Å². The van der Waals surface area contributed by atoms with Crippen LogP contribution in [0.25, 0.3) is 0 Å². The molecule has 1 aromatic rings. The summed E-state index contributed by atoms with van der Waals surface area (Å²) in [5.41, 5.74) is 0. The average Bonchev–Trinajstić information content (AvgIpc) is 2.60. The summed E-state index contributed by atoms with van der Waals surface area (Å²) in [6, 6.07) is 3.58. The fraction of sp³-hybridized carbons (Fsp3) is 0.611. The van der Waals surface area contributed by atoms with Crippen LogP contribution in [-0.2, 0) is 14.3 Å². The highest BCUT2D eigenvalue weighted by Gasteiger charge is 2.28. The van der Waals surface area contributed by atoms with Crippen LogP contribution in [-0.4, -0.2) is 48.0 Å². The number of hydrogen-bond donors (Lipinski definition) is 1. The Kier molecular flexibility index (Phi) is 7.84. The van der Waals surface area contributed by atoms with Crippen LogP contribution < -0.4 is 5.32 Å². The van der Waals surface area contributed by atoms with E-state index < -0.39 is 0 Å². The molecule has 1 aromatic heterocycles. The van der Waals surface area contributed by atoms with Crippen LogP contribution in [0.4, 0.5) is 5.82 Å². The van der Waals surface area contributed by atoms with E-state index in [0.717, 1.165) is 17.3 Å². The molecule has 1 saturated heterocycles. The van der Waals surface area contributed by atoms with Gasteiger partial charge in [-0.25, -0.2) is 4.98 Å². The Balaban J connectivity index is 1.79. The van der Waals surface area contributed by atoms with Crippen molar-refractivity contribution in [2.45, 2.75) is 33.1 Å². The van der Waals surface area contributed by atoms with Gasteiger partial charge >= 0.3 is 0 Å². The summed E-state index contributed by atoms with van der Waals surface area (Å²) < 4.78 is 6.34. The minimum atomic E-state index is -0.195. The number of halogens is 1. The Morgan fingerprint density at radius 1 is 1.44 bits per heavy atom. The molecule has 1 unspecified atom stereocenters. The molecule has 2 heterocycles. The normalized spacial score (nSPS) is 17.6. The zero-order chi connectivity index (χ0) is 18.2. The molecule has 2 rings (SSSR count). The Bertz CT molecular complexity index is 577. The van der Waals surface area contributed by atoms with Gasteiger partial charge < -0.3 is 15.0 Å². The van der Waals surface area contributed by atoms with E-state index in [0.29, 0.717) is 44.5 Å². The van der Waals surface area contributed by atoms with Gasteiger partial charge in [-0.2, -0.15) is 0 Å². The van der Waals surface area contributed by atoms with Crippen molar-refractivity contribution < 1.29 is 14.3 Å². The zero-order valence-electron chi connectivity index (χ0n) is 14.8. The zero-order valence-corrected chi connectivity index (χ0v) is 16.4. The fourth-order valence-corrected chi connectivity index (χ4v) is 2.97. The van der Waals surface area contributed by atoms with E-state index in [-0.39, 0.29) is 17.7 Å². The molecule has 6 nitrogen and oxygen atoms in total. The maximum absolute atomic E-state index is 12.4. The lowest BCUT2D eigenvalue weighted by molar-refractivity contribution is -0.135. The van der Waals surface area contributed by atoms with Crippen molar-refractivity contribution in [3.8, 4) is 0 Å². The summed E-state index contributed by atoms with van der Waals surface area (Å²) in [7, 11) is 0. The van der Waals surface area contributed by atoms with Crippen LogP contribution in [0.3, 0.4) is 0 Å². The third-order valence-electron chi connectivity index (χ3n) is 4.03. The molecule has 25 heavy (non-hydrogen) atoms. The summed E-state index contributed by atoms with van der Waals surface area (Å²) in [6.07, 6.45) is 3.64. The number of aromatic nitrogens is 1. The molecule has 1 aliphatic heterocycles. The Hall–Kier alpha value is -1.47. The monoisotopic (exact) mass is 411 g/mol. The second kappa shape index (κ2) is 9.87. The highest BCUT2D eigenvalue weighted by molar-refractivity contribution is 9.10. The third kappa shape index (κ3) is 6.74. The highest BCUT2D eigenvalue weighted by Crippen LogP contribution is 2.19. The summed E-state index contributed by atoms with van der Waals surface area (Å²) >= 11 is 3.32. The van der Waals surface area contributed by atoms with Crippen LogP contribution in [0, 0.1) is 11.8 Å². The highest BCUT2D eigenvalue weighted by atomic mass is 79.9. The first-order valence-corrected chi connectivity index (χ1v) is 9.53. The maximum Gasteiger partial charge on any atom is 0.230 e. The van der Waals surface area contributed by atoms with Crippen LogP contribution in [0.1, 0.15) is 33.1 Å². The van der Waals surface area contributed by atoms with Gasteiger partial charge in [0.1, 0.15) is 5.82 Å². The second-order valence-electron chi connectivity index (χ2n) is 6.75. The molecule has 138 valence electrons. The molecule has 0 aliphatic carbocycles. The predicted octanol–water partition coefficient (Wildman–Crippen LogP) is 3.08. The van der Waals surface area contributed by atoms with Gasteiger partial charge in [0.05, 0.1) is 18.9 Å². The van der Waals surface area contributed by atoms with E-state index >= 15 is 0 Å². The van der Waals surface area contributed by atoms with Gasteiger partial charge in [-0.3, -0.25) is 9.59 Å². The van der Waals surface area contributed by atoms with Crippen molar-refractivity contribution in [3.05, 3.63) is 22.8 Å². The van der Waals surface area contributed by atoms with Gasteiger partial charge in [0.25, 0.3) is 0 Å². The predicted molar refractivity (Wildman–Crippen MR) is 100 cm³/mol. The largest absolute Gasteiger partial charge is 0.381 e. The van der Waals surface area contributed by atoms with Crippen LogP contribution >= 0.6 is 15.9 Å². The summed E-state index contributed by atoms with van der Waals surface area (Å²) in [5, 5.41) is 2.83. The Morgan fingerprint density at radius 2 is 2.24 bits per heavy atom. The number of piperidine rings is 1. The van der Waals surface area contributed by atoms with Gasteiger partial charge in [0.2, 0.25) is 11.8 Å². The molecule has 0 spiro atoms. The fourth-order valence-electron chi connectivity index (χ4n) is 2.73. The molecule has 2 amide bonds. The van der Waals surface area contributed by atoms with Gasteiger partial charge in [-0.05, 0) is 46.8 Å². The molecule has 7 heteroatoms. The minimum Gasteiger partial charge on any atom is -0.381 e. The molecule has 0 saturated carbocycles. The van der Waals surface area contributed by atoms with Crippen molar-refractivity contribution in [2.24, 2.45) is 11.8 Å². The number of anilines is 1. The number of nitrogens with zero attached hydrogens (tertiary/aromatic N) is 2. The van der Waals surface area contributed by atoms with E-state index in [1.54, 1.807) is 17.2 Å². The SMILES string of the molecule is CC(C)COCCC(=O)N1CCCC(C(=O)Nc2ccc(Br)cn2)C1. The number of nitrogens with one attached hydrogen (secondary N) is 1. The van der Waals surface area contributed by atoms with E-state index in [9.17, 15) is 9.59 Å². The summed E-state index contributed by atoms with van der Waals surface area (Å²) in [6.45, 7) is 6.44. The second-order valence-corrected chi connectivity index (χ2v) is 7.66. The quantitative estimate of drug-likeness (QED) is 0.699. The molecule has 1 fully saturated rings. The van der Waals surface area contributed by atoms with Gasteiger partial charge in [-0.1, -0.05) is 13.8 Å². The average molecular weight is 412 g/mol. The molecule has 1 atom stereocenters.